The second-order valence-electron chi connectivity index (χ2n) is 6.01. The van der Waals surface area contributed by atoms with Gasteiger partial charge in [-0.25, -0.2) is 4.79 Å². The van der Waals surface area contributed by atoms with Gasteiger partial charge in [-0.1, -0.05) is 13.8 Å². The van der Waals surface area contributed by atoms with Crippen molar-refractivity contribution in [3.8, 4) is 0 Å². The van der Waals surface area contributed by atoms with Crippen LogP contribution in [0.5, 0.6) is 0 Å². The highest BCUT2D eigenvalue weighted by Gasteiger charge is 2.31. The number of carboxylic acids is 1. The standard InChI is InChI=1S/C14H26N2O3/c1-10(2)13(14(18)19)16(4)12(17)8-11-6-5-7-15(3)9-11/h10-11,13H,5-9H2,1-4H3,(H,18,19). The first-order valence-corrected chi connectivity index (χ1v) is 7.00. The summed E-state index contributed by atoms with van der Waals surface area (Å²) in [5.74, 6) is -0.705. The van der Waals surface area contributed by atoms with Gasteiger partial charge in [0, 0.05) is 20.0 Å². The fourth-order valence-electron chi connectivity index (χ4n) is 2.88. The highest BCUT2D eigenvalue weighted by atomic mass is 16.4. The molecule has 0 aliphatic carbocycles. The molecule has 1 saturated heterocycles. The van der Waals surface area contributed by atoms with Gasteiger partial charge in [0.1, 0.15) is 6.04 Å². The van der Waals surface area contributed by atoms with Crippen molar-refractivity contribution in [3.63, 3.8) is 0 Å². The number of carbonyl (C=O) groups excluding carboxylic acids is 1. The number of amides is 1. The van der Waals surface area contributed by atoms with E-state index in [1.807, 2.05) is 13.8 Å². The molecule has 0 aromatic carbocycles. The number of hydrogen-bond donors (Lipinski definition) is 1. The maximum Gasteiger partial charge on any atom is 0.326 e. The average Bonchev–Trinajstić information content (AvgIpc) is 2.27. The lowest BCUT2D eigenvalue weighted by Crippen LogP contribution is -2.46. The molecular weight excluding hydrogens is 244 g/mol. The summed E-state index contributed by atoms with van der Waals surface area (Å²) in [5, 5.41) is 9.21. The molecule has 19 heavy (non-hydrogen) atoms. The molecule has 0 aromatic rings. The Balaban J connectivity index is 2.58. The average molecular weight is 270 g/mol. The Morgan fingerprint density at radius 2 is 2.05 bits per heavy atom. The fourth-order valence-corrected chi connectivity index (χ4v) is 2.88. The summed E-state index contributed by atoms with van der Waals surface area (Å²) in [6, 6.07) is -0.728. The van der Waals surface area contributed by atoms with E-state index >= 15 is 0 Å². The Bertz CT molecular complexity index is 331. The molecule has 0 bridgehead atoms. The lowest BCUT2D eigenvalue weighted by Gasteiger charge is -2.32. The van der Waals surface area contributed by atoms with Gasteiger partial charge in [-0.3, -0.25) is 4.79 Å². The van der Waals surface area contributed by atoms with Crippen LogP contribution in [0, 0.1) is 11.8 Å². The molecule has 0 radical (unpaired) electrons. The molecule has 5 nitrogen and oxygen atoms in total. The van der Waals surface area contributed by atoms with Crippen molar-refractivity contribution < 1.29 is 14.7 Å². The van der Waals surface area contributed by atoms with Crippen LogP contribution >= 0.6 is 0 Å². The first-order chi connectivity index (χ1) is 8.82. The van der Waals surface area contributed by atoms with E-state index in [1.54, 1.807) is 7.05 Å². The van der Waals surface area contributed by atoms with Gasteiger partial charge in [-0.15, -0.1) is 0 Å². The van der Waals surface area contributed by atoms with Crippen LogP contribution in [0.2, 0.25) is 0 Å². The third-order valence-electron chi connectivity index (χ3n) is 3.88. The van der Waals surface area contributed by atoms with Crippen LogP contribution in [0.4, 0.5) is 0 Å². The van der Waals surface area contributed by atoms with Crippen LogP contribution < -0.4 is 0 Å². The molecule has 0 saturated carbocycles. The summed E-state index contributed by atoms with van der Waals surface area (Å²) in [4.78, 5) is 27.1. The third kappa shape index (κ3) is 4.49. The van der Waals surface area contributed by atoms with Gasteiger partial charge in [0.25, 0.3) is 0 Å². The summed E-state index contributed by atoms with van der Waals surface area (Å²) in [7, 11) is 3.67. The molecule has 110 valence electrons. The van der Waals surface area contributed by atoms with Gasteiger partial charge in [0.2, 0.25) is 5.91 Å². The van der Waals surface area contributed by atoms with E-state index < -0.39 is 12.0 Å². The highest BCUT2D eigenvalue weighted by Crippen LogP contribution is 2.20. The number of carboxylic acid groups (broad SMARTS) is 1. The van der Waals surface area contributed by atoms with E-state index in [4.69, 9.17) is 0 Å². The van der Waals surface area contributed by atoms with Crippen molar-refractivity contribution in [1.29, 1.82) is 0 Å². The van der Waals surface area contributed by atoms with E-state index in [0.717, 1.165) is 25.9 Å². The molecule has 1 fully saturated rings. The van der Waals surface area contributed by atoms with Gasteiger partial charge in [0.15, 0.2) is 0 Å². The Kier molecular flexibility index (Phi) is 5.79. The first-order valence-electron chi connectivity index (χ1n) is 7.00. The minimum Gasteiger partial charge on any atom is -0.480 e. The van der Waals surface area contributed by atoms with Crippen LogP contribution in [0.1, 0.15) is 33.1 Å². The van der Waals surface area contributed by atoms with Crippen molar-refractivity contribution in [1.82, 2.24) is 9.80 Å². The maximum atomic E-state index is 12.2. The lowest BCUT2D eigenvalue weighted by atomic mass is 9.94. The number of nitrogens with zero attached hydrogens (tertiary/aromatic N) is 2. The number of hydrogen-bond acceptors (Lipinski definition) is 3. The normalized spacial score (nSPS) is 22.3. The molecular formula is C14H26N2O3. The second-order valence-corrected chi connectivity index (χ2v) is 6.01. The van der Waals surface area contributed by atoms with Gasteiger partial charge in [-0.2, -0.15) is 0 Å². The summed E-state index contributed by atoms with van der Waals surface area (Å²) in [6.45, 7) is 5.68. The summed E-state index contributed by atoms with van der Waals surface area (Å²) >= 11 is 0. The Morgan fingerprint density at radius 3 is 2.53 bits per heavy atom. The largest absolute Gasteiger partial charge is 0.480 e. The van der Waals surface area contributed by atoms with Crippen LogP contribution in [0.15, 0.2) is 0 Å². The topological polar surface area (TPSA) is 60.9 Å². The molecule has 1 rings (SSSR count). The van der Waals surface area contributed by atoms with Crippen LogP contribution in [-0.4, -0.2) is 60.0 Å². The molecule has 1 amide bonds. The minimum absolute atomic E-state index is 0.0543. The number of likely N-dealkylation sites (tertiary alicyclic amines) is 1. The van der Waals surface area contributed by atoms with E-state index in [2.05, 4.69) is 11.9 Å². The van der Waals surface area contributed by atoms with Gasteiger partial charge < -0.3 is 14.9 Å². The molecule has 0 aromatic heterocycles. The molecule has 5 heteroatoms. The van der Waals surface area contributed by atoms with Gasteiger partial charge >= 0.3 is 5.97 Å². The molecule has 2 unspecified atom stereocenters. The van der Waals surface area contributed by atoms with Gasteiger partial charge in [-0.05, 0) is 38.3 Å². The molecule has 1 aliphatic heterocycles. The van der Waals surface area contributed by atoms with Crippen molar-refractivity contribution in [2.75, 3.05) is 27.2 Å². The minimum atomic E-state index is -0.924. The fraction of sp³-hybridized carbons (Fsp3) is 0.857. The summed E-state index contributed by atoms with van der Waals surface area (Å²) in [5.41, 5.74) is 0. The van der Waals surface area contributed by atoms with Crippen molar-refractivity contribution in [3.05, 3.63) is 0 Å². The third-order valence-corrected chi connectivity index (χ3v) is 3.88. The Morgan fingerprint density at radius 1 is 1.42 bits per heavy atom. The zero-order valence-corrected chi connectivity index (χ0v) is 12.4. The van der Waals surface area contributed by atoms with Crippen molar-refractivity contribution >= 4 is 11.9 Å². The first kappa shape index (κ1) is 16.0. The molecule has 0 spiro atoms. The number of likely N-dealkylation sites (N-methyl/N-ethyl adjacent to an activating group) is 1. The van der Waals surface area contributed by atoms with Gasteiger partial charge in [0.05, 0.1) is 0 Å². The number of carbonyl (C=O) groups is 2. The number of aliphatic carboxylic acids is 1. The second kappa shape index (κ2) is 6.89. The zero-order valence-electron chi connectivity index (χ0n) is 12.4. The highest BCUT2D eigenvalue weighted by molar-refractivity contribution is 5.83. The Hall–Kier alpha value is -1.10. The van der Waals surface area contributed by atoms with E-state index in [0.29, 0.717) is 12.3 Å². The predicted molar refractivity (Wildman–Crippen MR) is 73.9 cm³/mol. The van der Waals surface area contributed by atoms with Crippen molar-refractivity contribution in [2.24, 2.45) is 11.8 Å². The summed E-state index contributed by atoms with van der Waals surface area (Å²) in [6.07, 6.45) is 2.63. The zero-order chi connectivity index (χ0) is 14.6. The smallest absolute Gasteiger partial charge is 0.326 e. The summed E-state index contributed by atoms with van der Waals surface area (Å²) < 4.78 is 0. The Labute approximate surface area is 115 Å². The van der Waals surface area contributed by atoms with Crippen LogP contribution in [0.25, 0.3) is 0 Å². The maximum absolute atomic E-state index is 12.2. The molecule has 2 atom stereocenters. The molecule has 1 heterocycles. The molecule has 1 aliphatic rings. The molecule has 1 N–H and O–H groups in total. The van der Waals surface area contributed by atoms with Crippen LogP contribution in [0.3, 0.4) is 0 Å². The van der Waals surface area contributed by atoms with E-state index in [-0.39, 0.29) is 11.8 Å². The quantitative estimate of drug-likeness (QED) is 0.817. The van der Waals surface area contributed by atoms with Crippen molar-refractivity contribution in [2.45, 2.75) is 39.2 Å². The monoisotopic (exact) mass is 270 g/mol. The lowest BCUT2D eigenvalue weighted by molar-refractivity contribution is -0.151. The van der Waals surface area contributed by atoms with E-state index in [1.165, 1.54) is 4.90 Å². The predicted octanol–water partition coefficient (Wildman–Crippen LogP) is 1.29. The van der Waals surface area contributed by atoms with E-state index in [9.17, 15) is 14.7 Å². The SMILES string of the molecule is CC(C)C(C(=O)O)N(C)C(=O)CC1CCCN(C)C1. The number of rotatable bonds is 5. The van der Waals surface area contributed by atoms with Crippen LogP contribution in [-0.2, 0) is 9.59 Å². The number of piperidine rings is 1.